The fraction of sp³-hybridized carbons (Fsp3) is 1.00. The number of hydrogen-bond acceptors (Lipinski definition) is 2. The highest BCUT2D eigenvalue weighted by Gasteiger charge is 2.03. The minimum Gasteiger partial charge on any atom is -0.330 e. The van der Waals surface area contributed by atoms with Gasteiger partial charge in [-0.25, -0.2) is 0 Å². The molecule has 0 aromatic rings. The van der Waals surface area contributed by atoms with Crippen LogP contribution in [0.3, 0.4) is 0 Å². The lowest BCUT2D eigenvalue weighted by molar-refractivity contribution is -0.869. The molecule has 0 atom stereocenters. The zero-order valence-electron chi connectivity index (χ0n) is 8.28. The van der Waals surface area contributed by atoms with Crippen LogP contribution in [0.4, 0.5) is 0 Å². The first kappa shape index (κ1) is 10.9. The van der Waals surface area contributed by atoms with Crippen molar-refractivity contribution in [2.45, 2.75) is 0 Å². The van der Waals surface area contributed by atoms with Crippen molar-refractivity contribution in [1.29, 1.82) is 0 Å². The summed E-state index contributed by atoms with van der Waals surface area (Å²) in [4.78, 5) is 0. The van der Waals surface area contributed by atoms with Gasteiger partial charge in [0.15, 0.2) is 0 Å². The number of likely N-dealkylation sites (N-methyl/N-ethyl adjacent to an activating group) is 2. The first-order valence-corrected chi connectivity index (χ1v) is 4.22. The maximum absolute atomic E-state index is 3.36. The van der Waals surface area contributed by atoms with Crippen LogP contribution in [0.15, 0.2) is 0 Å². The summed E-state index contributed by atoms with van der Waals surface area (Å²) in [6, 6.07) is 0. The van der Waals surface area contributed by atoms with Crippen molar-refractivity contribution >= 4 is 0 Å². The quantitative estimate of drug-likeness (QED) is 0.404. The highest BCUT2D eigenvalue weighted by Crippen LogP contribution is 1.85. The van der Waals surface area contributed by atoms with E-state index in [1.807, 2.05) is 7.05 Å². The van der Waals surface area contributed by atoms with E-state index in [1.165, 1.54) is 6.54 Å². The summed E-state index contributed by atoms with van der Waals surface area (Å²) in [5.74, 6) is 0. The number of nitrogens with zero attached hydrogens (tertiary/aromatic N) is 1. The number of rotatable bonds is 6. The monoisotopic (exact) mass is 160 g/mol. The van der Waals surface area contributed by atoms with E-state index < -0.39 is 0 Å². The van der Waals surface area contributed by atoms with E-state index in [0.717, 1.165) is 24.1 Å². The Balaban J connectivity index is 3.02. The first-order chi connectivity index (χ1) is 5.06. The number of quaternary nitrogens is 1. The molecule has 0 amide bonds. The molecule has 0 aromatic carbocycles. The summed E-state index contributed by atoms with van der Waals surface area (Å²) in [6.45, 7) is 4.41. The van der Waals surface area contributed by atoms with E-state index in [9.17, 15) is 0 Å². The molecule has 0 saturated carbocycles. The third-order valence-corrected chi connectivity index (χ3v) is 1.51. The van der Waals surface area contributed by atoms with Crippen molar-refractivity contribution in [2.24, 2.45) is 0 Å². The molecule has 0 bridgehead atoms. The van der Waals surface area contributed by atoms with E-state index in [1.54, 1.807) is 0 Å². The maximum Gasteiger partial charge on any atom is 0.0907 e. The van der Waals surface area contributed by atoms with Crippen molar-refractivity contribution in [3.05, 3.63) is 0 Å². The molecule has 0 rings (SSSR count). The molecule has 0 aliphatic rings. The lowest BCUT2D eigenvalue weighted by Crippen LogP contribution is -2.41. The third-order valence-electron chi connectivity index (χ3n) is 1.51. The molecule has 0 radical (unpaired) electrons. The van der Waals surface area contributed by atoms with E-state index in [-0.39, 0.29) is 0 Å². The Labute approximate surface area is 70.4 Å². The molecule has 0 aromatic heterocycles. The largest absolute Gasteiger partial charge is 0.330 e. The molecule has 0 aliphatic heterocycles. The van der Waals surface area contributed by atoms with Gasteiger partial charge in [-0.2, -0.15) is 0 Å². The Morgan fingerprint density at radius 2 is 1.64 bits per heavy atom. The molecule has 3 nitrogen and oxygen atoms in total. The van der Waals surface area contributed by atoms with E-state index in [4.69, 9.17) is 0 Å². The van der Waals surface area contributed by atoms with Gasteiger partial charge in [0.05, 0.1) is 27.7 Å². The van der Waals surface area contributed by atoms with Crippen LogP contribution in [0.1, 0.15) is 0 Å². The average Bonchev–Trinajstić information content (AvgIpc) is 1.85. The van der Waals surface area contributed by atoms with Crippen LogP contribution < -0.4 is 10.6 Å². The average molecular weight is 160 g/mol. The molecule has 2 N–H and O–H groups in total. The predicted molar refractivity (Wildman–Crippen MR) is 49.7 cm³/mol. The minimum atomic E-state index is 1.03. The zero-order chi connectivity index (χ0) is 8.74. The van der Waals surface area contributed by atoms with E-state index in [2.05, 4.69) is 31.8 Å². The van der Waals surface area contributed by atoms with Crippen LogP contribution in [-0.2, 0) is 0 Å². The fourth-order valence-corrected chi connectivity index (χ4v) is 0.753. The molecular formula is C8H22N3+. The van der Waals surface area contributed by atoms with Crippen molar-refractivity contribution in [3.8, 4) is 0 Å². The van der Waals surface area contributed by atoms with E-state index in [0.29, 0.717) is 0 Å². The first-order valence-electron chi connectivity index (χ1n) is 4.22. The smallest absolute Gasteiger partial charge is 0.0907 e. The summed E-state index contributed by atoms with van der Waals surface area (Å²) in [5.41, 5.74) is 0. The second kappa shape index (κ2) is 5.52. The molecule has 3 heteroatoms. The van der Waals surface area contributed by atoms with Gasteiger partial charge in [0.1, 0.15) is 0 Å². The molecule has 0 heterocycles. The van der Waals surface area contributed by atoms with Crippen LogP contribution in [0.2, 0.25) is 0 Å². The summed E-state index contributed by atoms with van der Waals surface area (Å²) in [7, 11) is 8.60. The second-order valence-corrected chi connectivity index (χ2v) is 3.87. The summed E-state index contributed by atoms with van der Waals surface area (Å²) < 4.78 is 1.03. The van der Waals surface area contributed by atoms with Crippen LogP contribution in [0.25, 0.3) is 0 Å². The van der Waals surface area contributed by atoms with Gasteiger partial charge in [0, 0.05) is 19.6 Å². The van der Waals surface area contributed by atoms with Crippen LogP contribution in [0, 0.1) is 0 Å². The Hall–Kier alpha value is -0.120. The molecular weight excluding hydrogens is 138 g/mol. The number of nitrogens with one attached hydrogen (secondary N) is 2. The van der Waals surface area contributed by atoms with Gasteiger partial charge in [-0.05, 0) is 7.05 Å². The van der Waals surface area contributed by atoms with Gasteiger partial charge in [-0.15, -0.1) is 0 Å². The highest BCUT2D eigenvalue weighted by molar-refractivity contribution is 4.47. The minimum absolute atomic E-state index is 1.03. The molecule has 68 valence electrons. The highest BCUT2D eigenvalue weighted by atomic mass is 15.3. The molecule has 11 heavy (non-hydrogen) atoms. The summed E-state index contributed by atoms with van der Waals surface area (Å²) in [5, 5.41) is 6.46. The lowest BCUT2D eigenvalue weighted by atomic mass is 10.5. The van der Waals surface area contributed by atoms with Gasteiger partial charge in [0.25, 0.3) is 0 Å². The molecule has 0 saturated heterocycles. The summed E-state index contributed by atoms with van der Waals surface area (Å²) >= 11 is 0. The van der Waals surface area contributed by atoms with Gasteiger partial charge in [-0.1, -0.05) is 0 Å². The molecule has 0 aliphatic carbocycles. The molecule has 0 spiro atoms. The van der Waals surface area contributed by atoms with Crippen molar-refractivity contribution in [1.82, 2.24) is 10.6 Å². The Bertz CT molecular complexity index is 85.8. The van der Waals surface area contributed by atoms with Crippen LogP contribution >= 0.6 is 0 Å². The zero-order valence-corrected chi connectivity index (χ0v) is 8.28. The fourth-order valence-electron chi connectivity index (χ4n) is 0.753. The SMILES string of the molecule is CNCCNCC[N+](C)(C)C. The van der Waals surface area contributed by atoms with Crippen LogP contribution in [-0.4, -0.2) is 58.9 Å². The van der Waals surface area contributed by atoms with Gasteiger partial charge < -0.3 is 15.1 Å². The van der Waals surface area contributed by atoms with Gasteiger partial charge >= 0.3 is 0 Å². The van der Waals surface area contributed by atoms with Crippen molar-refractivity contribution in [2.75, 3.05) is 54.4 Å². The van der Waals surface area contributed by atoms with Gasteiger partial charge in [-0.3, -0.25) is 0 Å². The normalized spacial score (nSPS) is 12.0. The predicted octanol–water partition coefficient (Wildman–Crippen LogP) is -0.498. The Kier molecular flexibility index (Phi) is 5.46. The van der Waals surface area contributed by atoms with Gasteiger partial charge in [0.2, 0.25) is 0 Å². The Morgan fingerprint density at radius 1 is 1.00 bits per heavy atom. The molecule has 0 unspecified atom stereocenters. The third kappa shape index (κ3) is 9.88. The summed E-state index contributed by atoms with van der Waals surface area (Å²) in [6.07, 6.45) is 0. The lowest BCUT2D eigenvalue weighted by Gasteiger charge is -2.23. The Morgan fingerprint density at radius 3 is 2.09 bits per heavy atom. The van der Waals surface area contributed by atoms with Crippen LogP contribution in [0.5, 0.6) is 0 Å². The topological polar surface area (TPSA) is 24.1 Å². The second-order valence-electron chi connectivity index (χ2n) is 3.87. The standard InChI is InChI=1S/C8H22N3/c1-9-5-6-10-7-8-11(2,3)4/h9-10H,5-8H2,1-4H3/q+1. The maximum atomic E-state index is 3.36. The van der Waals surface area contributed by atoms with Crippen molar-refractivity contribution < 1.29 is 4.48 Å². The molecule has 0 fully saturated rings. The van der Waals surface area contributed by atoms with Crippen molar-refractivity contribution in [3.63, 3.8) is 0 Å². The van der Waals surface area contributed by atoms with E-state index >= 15 is 0 Å². The number of hydrogen-bond donors (Lipinski definition) is 2.